The van der Waals surface area contributed by atoms with Gasteiger partial charge in [0.05, 0.1) is 11.6 Å². The minimum absolute atomic E-state index is 0.0953. The summed E-state index contributed by atoms with van der Waals surface area (Å²) in [5, 5.41) is 0. The first-order valence-corrected chi connectivity index (χ1v) is 10.3. The second-order valence-corrected chi connectivity index (χ2v) is 8.12. The second-order valence-electron chi connectivity index (χ2n) is 8.12. The van der Waals surface area contributed by atoms with Crippen molar-refractivity contribution >= 4 is 5.91 Å². The molecule has 148 valence electrons. The molecule has 2 aromatic rings. The fraction of sp³-hybridized carbons (Fsp3) is 0.478. The van der Waals surface area contributed by atoms with Crippen LogP contribution in [0, 0.1) is 5.92 Å². The zero-order valence-corrected chi connectivity index (χ0v) is 16.7. The van der Waals surface area contributed by atoms with Gasteiger partial charge in [0.15, 0.2) is 0 Å². The summed E-state index contributed by atoms with van der Waals surface area (Å²) >= 11 is 0. The molecule has 3 heterocycles. The number of benzene rings is 1. The lowest BCUT2D eigenvalue weighted by molar-refractivity contribution is -0.0983. The van der Waals surface area contributed by atoms with E-state index in [1.54, 1.807) is 12.4 Å². The third kappa shape index (κ3) is 3.90. The number of aromatic nitrogens is 1. The molecule has 0 spiro atoms. The molecule has 0 saturated carbocycles. The fourth-order valence-corrected chi connectivity index (χ4v) is 4.54. The number of amides is 1. The zero-order valence-electron chi connectivity index (χ0n) is 16.7. The molecule has 5 nitrogen and oxygen atoms in total. The molecular weight excluding hydrogens is 350 g/mol. The molecule has 2 aliphatic rings. The van der Waals surface area contributed by atoms with Crippen LogP contribution in [-0.4, -0.2) is 58.5 Å². The first-order valence-electron chi connectivity index (χ1n) is 10.3. The normalized spacial score (nSPS) is 23.5. The third-order valence-corrected chi connectivity index (χ3v) is 6.07. The van der Waals surface area contributed by atoms with Gasteiger partial charge < -0.3 is 9.64 Å². The number of ether oxygens (including phenoxy) is 1. The van der Waals surface area contributed by atoms with Crippen LogP contribution >= 0.6 is 0 Å². The number of likely N-dealkylation sites (tertiary alicyclic amines) is 2. The lowest BCUT2D eigenvalue weighted by atomic mass is 9.79. The van der Waals surface area contributed by atoms with Crippen LogP contribution in [0.2, 0.25) is 0 Å². The molecule has 0 aliphatic carbocycles. The smallest absolute Gasteiger partial charge is 0.255 e. The molecular formula is C23H29N3O2. The number of piperidine rings is 1. The molecule has 4 rings (SSSR count). The lowest BCUT2D eigenvalue weighted by Gasteiger charge is -2.54. The number of carbonyl (C=O) groups excluding carboxylic acids is 1. The van der Waals surface area contributed by atoms with E-state index in [9.17, 15) is 4.79 Å². The zero-order chi connectivity index (χ0) is 19.5. The van der Waals surface area contributed by atoms with Crippen molar-refractivity contribution in [1.82, 2.24) is 14.8 Å². The minimum Gasteiger partial charge on any atom is -0.487 e. The van der Waals surface area contributed by atoms with Gasteiger partial charge in [0.2, 0.25) is 0 Å². The number of carbonyl (C=O) groups is 1. The van der Waals surface area contributed by atoms with E-state index in [2.05, 4.69) is 23.7 Å². The third-order valence-electron chi connectivity index (χ3n) is 6.07. The summed E-state index contributed by atoms with van der Waals surface area (Å²) in [5.41, 5.74) is 0.679. The molecule has 0 N–H and O–H groups in total. The molecule has 1 aromatic carbocycles. The summed E-state index contributed by atoms with van der Waals surface area (Å²) in [4.78, 5) is 21.3. The van der Waals surface area contributed by atoms with Crippen molar-refractivity contribution in [1.29, 1.82) is 0 Å². The maximum atomic E-state index is 12.7. The number of para-hydroxylation sites is 1. The van der Waals surface area contributed by atoms with Gasteiger partial charge in [-0.3, -0.25) is 14.7 Å². The lowest BCUT2D eigenvalue weighted by Crippen LogP contribution is -2.68. The van der Waals surface area contributed by atoms with Crippen LogP contribution < -0.4 is 4.74 Å². The molecule has 2 unspecified atom stereocenters. The molecule has 2 atom stereocenters. The Bertz CT molecular complexity index is 773. The summed E-state index contributed by atoms with van der Waals surface area (Å²) in [6.45, 7) is 7.10. The van der Waals surface area contributed by atoms with Crippen LogP contribution in [0.4, 0.5) is 0 Å². The van der Waals surface area contributed by atoms with Gasteiger partial charge in [-0.05, 0) is 56.9 Å². The molecule has 28 heavy (non-hydrogen) atoms. The summed E-state index contributed by atoms with van der Waals surface area (Å²) in [7, 11) is 0. The van der Waals surface area contributed by atoms with Crippen LogP contribution in [0.5, 0.6) is 5.75 Å². The van der Waals surface area contributed by atoms with E-state index in [0.717, 1.165) is 38.2 Å². The average Bonchev–Trinajstić information content (AvgIpc) is 2.72. The molecule has 2 aliphatic heterocycles. The van der Waals surface area contributed by atoms with Crippen LogP contribution in [0.15, 0.2) is 54.9 Å². The summed E-state index contributed by atoms with van der Waals surface area (Å²) in [5.74, 6) is 1.60. The first-order chi connectivity index (χ1) is 13.6. The topological polar surface area (TPSA) is 45.7 Å². The highest BCUT2D eigenvalue weighted by molar-refractivity contribution is 5.93. The monoisotopic (exact) mass is 379 g/mol. The average molecular weight is 380 g/mol. The molecule has 0 bridgehead atoms. The van der Waals surface area contributed by atoms with Crippen molar-refractivity contribution in [3.05, 3.63) is 60.4 Å². The van der Waals surface area contributed by atoms with Crippen LogP contribution in [0.25, 0.3) is 0 Å². The Labute approximate surface area is 167 Å². The van der Waals surface area contributed by atoms with Gasteiger partial charge in [-0.25, -0.2) is 0 Å². The van der Waals surface area contributed by atoms with Crippen molar-refractivity contribution in [3.63, 3.8) is 0 Å². The summed E-state index contributed by atoms with van der Waals surface area (Å²) < 4.78 is 6.31. The first kappa shape index (κ1) is 18.9. The van der Waals surface area contributed by atoms with E-state index in [1.165, 1.54) is 0 Å². The molecule has 2 fully saturated rings. The highest BCUT2D eigenvalue weighted by atomic mass is 16.5. The number of pyridine rings is 1. The van der Waals surface area contributed by atoms with Gasteiger partial charge in [-0.15, -0.1) is 0 Å². The van der Waals surface area contributed by atoms with Crippen LogP contribution in [-0.2, 0) is 0 Å². The van der Waals surface area contributed by atoms with Crippen molar-refractivity contribution in [2.45, 2.75) is 44.9 Å². The van der Waals surface area contributed by atoms with E-state index in [0.29, 0.717) is 23.6 Å². The van der Waals surface area contributed by atoms with Gasteiger partial charge in [-0.1, -0.05) is 18.2 Å². The Balaban J connectivity index is 1.39. The molecule has 5 heteroatoms. The van der Waals surface area contributed by atoms with E-state index in [-0.39, 0.29) is 12.0 Å². The summed E-state index contributed by atoms with van der Waals surface area (Å²) in [6, 6.07) is 14.7. The van der Waals surface area contributed by atoms with Crippen molar-refractivity contribution in [2.24, 2.45) is 5.92 Å². The van der Waals surface area contributed by atoms with Crippen molar-refractivity contribution in [3.8, 4) is 5.75 Å². The molecule has 1 amide bonds. The molecule has 2 saturated heterocycles. The SMILES string of the molecule is CC(C)N1CC(Oc2ccccc2)C1C1CCN(C(=O)c2cccnc2)CC1. The molecule has 1 aromatic heterocycles. The van der Waals surface area contributed by atoms with Crippen LogP contribution in [0.3, 0.4) is 0 Å². The Kier molecular flexibility index (Phi) is 5.62. The molecule has 0 radical (unpaired) electrons. The fourth-order valence-electron chi connectivity index (χ4n) is 4.54. The standard InChI is InChI=1S/C23H29N3O2/c1-17(2)26-16-21(28-20-8-4-3-5-9-20)22(26)18-10-13-25(14-11-18)23(27)19-7-6-12-24-15-19/h3-9,12,15,17-18,21-22H,10-11,13-14,16H2,1-2H3. The van der Waals surface area contributed by atoms with E-state index in [1.807, 2.05) is 47.4 Å². The Morgan fingerprint density at radius 2 is 1.86 bits per heavy atom. The van der Waals surface area contributed by atoms with Gasteiger partial charge in [-0.2, -0.15) is 0 Å². The maximum Gasteiger partial charge on any atom is 0.255 e. The predicted octanol–water partition coefficient (Wildman–Crippen LogP) is 3.47. The quantitative estimate of drug-likeness (QED) is 0.798. The highest BCUT2D eigenvalue weighted by Crippen LogP contribution is 2.36. The Hall–Kier alpha value is -2.40. The summed E-state index contributed by atoms with van der Waals surface area (Å²) in [6.07, 6.45) is 5.64. The van der Waals surface area contributed by atoms with E-state index < -0.39 is 0 Å². The van der Waals surface area contributed by atoms with Gasteiger partial charge in [0, 0.05) is 38.1 Å². The second kappa shape index (κ2) is 8.31. The van der Waals surface area contributed by atoms with E-state index >= 15 is 0 Å². The number of hydrogen-bond acceptors (Lipinski definition) is 4. The number of nitrogens with zero attached hydrogens (tertiary/aromatic N) is 3. The Morgan fingerprint density at radius 3 is 2.50 bits per heavy atom. The minimum atomic E-state index is 0.0953. The maximum absolute atomic E-state index is 12.7. The Morgan fingerprint density at radius 1 is 1.11 bits per heavy atom. The van der Waals surface area contributed by atoms with Gasteiger partial charge >= 0.3 is 0 Å². The largest absolute Gasteiger partial charge is 0.487 e. The van der Waals surface area contributed by atoms with Crippen molar-refractivity contribution in [2.75, 3.05) is 19.6 Å². The van der Waals surface area contributed by atoms with Gasteiger partial charge in [0.1, 0.15) is 11.9 Å². The van der Waals surface area contributed by atoms with Gasteiger partial charge in [0.25, 0.3) is 5.91 Å². The van der Waals surface area contributed by atoms with E-state index in [4.69, 9.17) is 4.74 Å². The van der Waals surface area contributed by atoms with Crippen molar-refractivity contribution < 1.29 is 9.53 Å². The van der Waals surface area contributed by atoms with Crippen LogP contribution in [0.1, 0.15) is 37.0 Å². The number of hydrogen-bond donors (Lipinski definition) is 0. The predicted molar refractivity (Wildman–Crippen MR) is 109 cm³/mol. The highest BCUT2D eigenvalue weighted by Gasteiger charge is 2.47. The number of rotatable bonds is 5.